The van der Waals surface area contributed by atoms with Crippen molar-refractivity contribution in [2.24, 2.45) is 0 Å². The topological polar surface area (TPSA) is 49.8 Å². The summed E-state index contributed by atoms with van der Waals surface area (Å²) in [6.07, 6.45) is -0.730. The Morgan fingerprint density at radius 3 is 3.00 bits per heavy atom. The third kappa shape index (κ3) is 3.19. The summed E-state index contributed by atoms with van der Waals surface area (Å²) >= 11 is 6.07. The van der Waals surface area contributed by atoms with Gasteiger partial charge in [-0.2, -0.15) is 0 Å². The van der Waals surface area contributed by atoms with Gasteiger partial charge in [-0.3, -0.25) is 4.90 Å². The summed E-state index contributed by atoms with van der Waals surface area (Å²) in [5, 5.41) is 9.61. The number of hydrogen-bond acceptors (Lipinski definition) is 3. The molecule has 0 radical (unpaired) electrons. The predicted octanol–water partition coefficient (Wildman–Crippen LogP) is 1.63. The number of hydrogen-bond donors (Lipinski definition) is 1. The molecule has 0 spiro atoms. The lowest BCUT2D eigenvalue weighted by Gasteiger charge is -2.30. The number of benzene rings is 1. The van der Waals surface area contributed by atoms with Crippen molar-refractivity contribution in [2.75, 3.05) is 19.7 Å². The van der Waals surface area contributed by atoms with Gasteiger partial charge in [-0.05, 0) is 11.6 Å². The van der Waals surface area contributed by atoms with Gasteiger partial charge in [-0.1, -0.05) is 29.8 Å². The second kappa shape index (κ2) is 5.49. The summed E-state index contributed by atoms with van der Waals surface area (Å²) in [5.74, 6) is -0.908. The number of carboxylic acids is 1. The van der Waals surface area contributed by atoms with Crippen molar-refractivity contribution in [3.63, 3.8) is 0 Å². The van der Waals surface area contributed by atoms with E-state index in [1.54, 1.807) is 0 Å². The van der Waals surface area contributed by atoms with Gasteiger partial charge < -0.3 is 9.84 Å². The van der Waals surface area contributed by atoms with Gasteiger partial charge in [-0.15, -0.1) is 0 Å². The first-order chi connectivity index (χ1) is 8.16. The highest BCUT2D eigenvalue weighted by molar-refractivity contribution is 6.31. The van der Waals surface area contributed by atoms with E-state index < -0.39 is 12.1 Å². The van der Waals surface area contributed by atoms with Gasteiger partial charge >= 0.3 is 5.97 Å². The molecular weight excluding hydrogens is 242 g/mol. The molecule has 0 amide bonds. The Bertz CT molecular complexity index is 410. The minimum absolute atomic E-state index is 0.403. The van der Waals surface area contributed by atoms with Gasteiger partial charge in [0, 0.05) is 24.7 Å². The number of carboxylic acid groups (broad SMARTS) is 1. The maximum atomic E-state index is 10.8. The van der Waals surface area contributed by atoms with Crippen molar-refractivity contribution in [1.29, 1.82) is 0 Å². The van der Waals surface area contributed by atoms with Gasteiger partial charge in [-0.25, -0.2) is 4.79 Å². The van der Waals surface area contributed by atoms with Crippen LogP contribution in [0.4, 0.5) is 0 Å². The first kappa shape index (κ1) is 12.4. The first-order valence-electron chi connectivity index (χ1n) is 5.47. The van der Waals surface area contributed by atoms with Crippen molar-refractivity contribution in [1.82, 2.24) is 4.90 Å². The molecule has 1 saturated heterocycles. The molecular formula is C12H14ClNO3. The molecule has 1 atom stereocenters. The highest BCUT2D eigenvalue weighted by Crippen LogP contribution is 2.18. The quantitative estimate of drug-likeness (QED) is 0.892. The number of carbonyl (C=O) groups is 1. The van der Waals surface area contributed by atoms with Crippen LogP contribution >= 0.6 is 11.6 Å². The van der Waals surface area contributed by atoms with E-state index in [1.807, 2.05) is 29.2 Å². The molecule has 1 N–H and O–H groups in total. The Kier molecular flexibility index (Phi) is 3.99. The van der Waals surface area contributed by atoms with Crippen molar-refractivity contribution in [3.8, 4) is 0 Å². The number of morpholine rings is 1. The van der Waals surface area contributed by atoms with Gasteiger partial charge in [0.25, 0.3) is 0 Å². The normalized spacial score (nSPS) is 21.4. The summed E-state index contributed by atoms with van der Waals surface area (Å²) in [4.78, 5) is 12.9. The average Bonchev–Trinajstić information content (AvgIpc) is 2.32. The maximum Gasteiger partial charge on any atom is 0.334 e. The number of nitrogens with zero attached hydrogens (tertiary/aromatic N) is 1. The molecule has 1 aliphatic heterocycles. The number of ether oxygens (including phenoxy) is 1. The zero-order valence-corrected chi connectivity index (χ0v) is 10.1. The fraction of sp³-hybridized carbons (Fsp3) is 0.417. The van der Waals surface area contributed by atoms with E-state index in [0.29, 0.717) is 24.7 Å². The van der Waals surface area contributed by atoms with E-state index in [4.69, 9.17) is 21.4 Å². The second-order valence-electron chi connectivity index (χ2n) is 4.02. The van der Waals surface area contributed by atoms with E-state index in [-0.39, 0.29) is 0 Å². The van der Waals surface area contributed by atoms with Crippen molar-refractivity contribution in [3.05, 3.63) is 34.9 Å². The monoisotopic (exact) mass is 255 g/mol. The van der Waals surface area contributed by atoms with Crippen LogP contribution in [0.15, 0.2) is 24.3 Å². The van der Waals surface area contributed by atoms with E-state index in [1.165, 1.54) is 0 Å². The molecule has 0 saturated carbocycles. The Hall–Kier alpha value is -1.10. The molecule has 1 aromatic rings. The smallest absolute Gasteiger partial charge is 0.334 e. The Morgan fingerprint density at radius 2 is 2.29 bits per heavy atom. The molecule has 2 rings (SSSR count). The predicted molar refractivity (Wildman–Crippen MR) is 64.1 cm³/mol. The van der Waals surface area contributed by atoms with Crippen molar-refractivity contribution < 1.29 is 14.6 Å². The van der Waals surface area contributed by atoms with E-state index in [2.05, 4.69) is 0 Å². The van der Waals surface area contributed by atoms with Crippen molar-refractivity contribution in [2.45, 2.75) is 12.6 Å². The molecule has 1 aromatic carbocycles. The van der Waals surface area contributed by atoms with E-state index in [0.717, 1.165) is 12.1 Å². The number of aliphatic carboxylic acids is 1. The summed E-state index contributed by atoms with van der Waals surface area (Å²) in [6.45, 7) is 2.24. The van der Waals surface area contributed by atoms with Crippen LogP contribution in [0, 0.1) is 0 Å². The number of halogens is 1. The lowest BCUT2D eigenvalue weighted by atomic mass is 10.2. The molecule has 17 heavy (non-hydrogen) atoms. The zero-order chi connectivity index (χ0) is 12.3. The van der Waals surface area contributed by atoms with Crippen LogP contribution in [-0.2, 0) is 16.1 Å². The molecule has 0 aliphatic carbocycles. The Balaban J connectivity index is 1.99. The SMILES string of the molecule is O=C(O)[C@@H]1CN(Cc2ccccc2Cl)CCO1. The fourth-order valence-corrected chi connectivity index (χ4v) is 2.06. The third-order valence-corrected chi connectivity index (χ3v) is 3.15. The summed E-state index contributed by atoms with van der Waals surface area (Å²) in [7, 11) is 0. The summed E-state index contributed by atoms with van der Waals surface area (Å²) < 4.78 is 5.16. The molecule has 92 valence electrons. The largest absolute Gasteiger partial charge is 0.479 e. The molecule has 4 nitrogen and oxygen atoms in total. The highest BCUT2D eigenvalue weighted by atomic mass is 35.5. The summed E-state index contributed by atoms with van der Waals surface area (Å²) in [6, 6.07) is 7.60. The molecule has 1 aliphatic rings. The minimum atomic E-state index is -0.908. The Morgan fingerprint density at radius 1 is 1.53 bits per heavy atom. The van der Waals surface area contributed by atoms with Crippen molar-refractivity contribution >= 4 is 17.6 Å². The highest BCUT2D eigenvalue weighted by Gasteiger charge is 2.26. The third-order valence-electron chi connectivity index (χ3n) is 2.78. The lowest BCUT2D eigenvalue weighted by molar-refractivity contribution is -0.156. The molecule has 1 fully saturated rings. The first-order valence-corrected chi connectivity index (χ1v) is 5.85. The fourth-order valence-electron chi connectivity index (χ4n) is 1.86. The standard InChI is InChI=1S/C12H14ClNO3/c13-10-4-2-1-3-9(10)7-14-5-6-17-11(8-14)12(15)16/h1-4,11H,5-8H2,(H,15,16)/t11-/m0/s1. The number of rotatable bonds is 3. The van der Waals surface area contributed by atoms with Crippen LogP contribution in [0.5, 0.6) is 0 Å². The van der Waals surface area contributed by atoms with Crippen LogP contribution in [0.1, 0.15) is 5.56 Å². The van der Waals surface area contributed by atoms with Gasteiger partial charge in [0.1, 0.15) is 0 Å². The minimum Gasteiger partial charge on any atom is -0.479 e. The second-order valence-corrected chi connectivity index (χ2v) is 4.43. The molecule has 5 heteroatoms. The van der Waals surface area contributed by atoms with Crippen LogP contribution < -0.4 is 0 Å². The zero-order valence-electron chi connectivity index (χ0n) is 9.30. The average molecular weight is 256 g/mol. The maximum absolute atomic E-state index is 10.8. The Labute approximate surface area is 105 Å². The van der Waals surface area contributed by atoms with Crippen LogP contribution in [-0.4, -0.2) is 41.8 Å². The van der Waals surface area contributed by atoms with Gasteiger partial charge in [0.2, 0.25) is 0 Å². The summed E-state index contributed by atoms with van der Waals surface area (Å²) in [5.41, 5.74) is 1.01. The van der Waals surface area contributed by atoms with E-state index in [9.17, 15) is 4.79 Å². The van der Waals surface area contributed by atoms with Crippen LogP contribution in [0.25, 0.3) is 0 Å². The molecule has 0 unspecified atom stereocenters. The van der Waals surface area contributed by atoms with Gasteiger partial charge in [0.15, 0.2) is 6.10 Å². The van der Waals surface area contributed by atoms with E-state index >= 15 is 0 Å². The molecule has 0 bridgehead atoms. The lowest BCUT2D eigenvalue weighted by Crippen LogP contribution is -2.45. The molecule has 1 heterocycles. The van der Waals surface area contributed by atoms with Gasteiger partial charge in [0.05, 0.1) is 6.61 Å². The molecule has 0 aromatic heterocycles. The van der Waals surface area contributed by atoms with Crippen LogP contribution in [0.2, 0.25) is 5.02 Å². The van der Waals surface area contributed by atoms with Crippen LogP contribution in [0.3, 0.4) is 0 Å².